The van der Waals surface area contributed by atoms with Crippen LogP contribution >= 0.6 is 0 Å². The van der Waals surface area contributed by atoms with E-state index in [0.717, 1.165) is 34.6 Å². The monoisotopic (exact) mass is 801 g/mol. The maximum absolute atomic E-state index is 13.1. The highest BCUT2D eigenvalue weighted by atomic mass is 16.6. The summed E-state index contributed by atoms with van der Waals surface area (Å²) in [6, 6.07) is 22.2. The Morgan fingerprint density at radius 3 is 1.00 bits per heavy atom. The van der Waals surface area contributed by atoms with Crippen LogP contribution in [0.5, 0.6) is 23.0 Å². The topological polar surface area (TPSA) is 140 Å². The zero-order valence-electron chi connectivity index (χ0n) is 33.7. The van der Waals surface area contributed by atoms with Crippen molar-refractivity contribution in [3.8, 4) is 23.0 Å². The molecule has 0 radical (unpaired) electrons. The third-order valence-corrected chi connectivity index (χ3v) is 9.61. The molecule has 6 aromatic rings. The van der Waals surface area contributed by atoms with Gasteiger partial charge in [0, 0.05) is 34.6 Å². The fourth-order valence-electron chi connectivity index (χ4n) is 6.57. The number of rotatable bonds is 22. The molecule has 0 unspecified atom stereocenters. The molecule has 0 bridgehead atoms. The summed E-state index contributed by atoms with van der Waals surface area (Å²) < 4.78 is 58.4. The second kappa shape index (κ2) is 20.7. The number of methoxy groups -OCH3 is 4. The first-order valence-corrected chi connectivity index (χ1v) is 19.0. The van der Waals surface area contributed by atoms with Crippen molar-refractivity contribution in [3.63, 3.8) is 0 Å². The third-order valence-electron chi connectivity index (χ3n) is 9.61. The van der Waals surface area contributed by atoms with E-state index in [4.69, 9.17) is 47.4 Å². The molecule has 0 saturated heterocycles. The Morgan fingerprint density at radius 1 is 0.431 bits per heavy atom. The minimum atomic E-state index is -0.492. The van der Waals surface area contributed by atoms with Gasteiger partial charge < -0.3 is 52.3 Å². The van der Waals surface area contributed by atoms with Crippen LogP contribution in [0.15, 0.2) is 72.8 Å². The lowest BCUT2D eigenvalue weighted by molar-refractivity contribution is 0.0151. The van der Waals surface area contributed by atoms with Crippen LogP contribution in [0.25, 0.3) is 43.6 Å². The molecule has 15 nitrogen and oxygen atoms in total. The first-order valence-electron chi connectivity index (χ1n) is 19.0. The Balaban J connectivity index is 0.790. The van der Waals surface area contributed by atoms with Crippen molar-refractivity contribution in [2.45, 2.75) is 0 Å². The zero-order chi connectivity index (χ0) is 40.9. The normalized spacial score (nSPS) is 11.6. The molecule has 0 aliphatic rings. The molecule has 2 aromatic heterocycles. The molecule has 4 aromatic carbocycles. The van der Waals surface area contributed by atoms with Gasteiger partial charge in [-0.15, -0.1) is 0 Å². The lowest BCUT2D eigenvalue weighted by atomic mass is 10.1. The number of fused-ring (bicyclic) bond motifs is 6. The molecular formula is C43H51N3O12. The van der Waals surface area contributed by atoms with Gasteiger partial charge in [-0.2, -0.15) is 0 Å². The standard InChI is InChI=1S/C43H51N3O12/c1-44(14-16-53-18-20-55-22-24-57-42(47)45-38-10-6-30(49-2)26-34(38)35-27-31(50-3)7-11-39(35)45)15-17-54-19-21-56-23-25-58-43(48)46-40-12-8-32(51-4)28-36(40)37-29-33(52-5)9-13-41(37)46/h6-13,26-29H,14-25H2,1-5H3. The summed E-state index contributed by atoms with van der Waals surface area (Å²) in [5.74, 6) is 2.76. The van der Waals surface area contributed by atoms with E-state index in [1.807, 2.05) is 79.8 Å². The third kappa shape index (κ3) is 10.1. The average Bonchev–Trinajstić information content (AvgIpc) is 3.76. The van der Waals surface area contributed by atoms with Gasteiger partial charge in [-0.1, -0.05) is 0 Å². The summed E-state index contributed by atoms with van der Waals surface area (Å²) in [4.78, 5) is 28.4. The number of hydrogen-bond donors (Lipinski definition) is 0. The lowest BCUT2D eigenvalue weighted by Gasteiger charge is -2.16. The van der Waals surface area contributed by atoms with Gasteiger partial charge in [-0.3, -0.25) is 0 Å². The number of hydrogen-bond acceptors (Lipinski definition) is 13. The first kappa shape index (κ1) is 42.0. The van der Waals surface area contributed by atoms with Crippen LogP contribution in [-0.2, 0) is 28.4 Å². The predicted octanol–water partition coefficient (Wildman–Crippen LogP) is 6.60. The van der Waals surface area contributed by atoms with Crippen LogP contribution < -0.4 is 18.9 Å². The minimum Gasteiger partial charge on any atom is -0.497 e. The number of aromatic nitrogens is 2. The van der Waals surface area contributed by atoms with Crippen LogP contribution in [0, 0.1) is 0 Å². The maximum Gasteiger partial charge on any atom is 0.419 e. The highest BCUT2D eigenvalue weighted by molar-refractivity contribution is 6.14. The number of carbonyl (C=O) groups is 2. The summed E-state index contributed by atoms with van der Waals surface area (Å²) in [7, 11) is 8.42. The molecule has 0 aliphatic carbocycles. The van der Waals surface area contributed by atoms with E-state index in [-0.39, 0.29) is 26.4 Å². The molecule has 310 valence electrons. The number of nitrogens with zero attached hydrogens (tertiary/aromatic N) is 3. The Morgan fingerprint density at radius 2 is 0.707 bits per heavy atom. The van der Waals surface area contributed by atoms with Gasteiger partial charge in [0.1, 0.15) is 36.2 Å². The Hall–Kier alpha value is -5.58. The van der Waals surface area contributed by atoms with E-state index in [1.165, 1.54) is 0 Å². The summed E-state index contributed by atoms with van der Waals surface area (Å²) in [5.41, 5.74) is 2.85. The Kier molecular flexibility index (Phi) is 15.0. The second-order valence-corrected chi connectivity index (χ2v) is 13.2. The van der Waals surface area contributed by atoms with Crippen LogP contribution in [0.3, 0.4) is 0 Å². The minimum absolute atomic E-state index is 0.102. The van der Waals surface area contributed by atoms with Gasteiger partial charge in [0.15, 0.2) is 0 Å². The summed E-state index contributed by atoms with van der Waals surface area (Å²) >= 11 is 0. The van der Waals surface area contributed by atoms with Gasteiger partial charge >= 0.3 is 12.2 Å². The predicted molar refractivity (Wildman–Crippen MR) is 219 cm³/mol. The SMILES string of the molecule is COc1ccc2c(c1)c1cc(OC)ccc1n2C(=O)OCCOCCOCCN(C)CCOCCOCCOC(=O)n1c2ccc(OC)cc2c2cc(OC)ccc21. The molecular weight excluding hydrogens is 750 g/mol. The molecule has 0 atom stereocenters. The van der Waals surface area contributed by atoms with Crippen LogP contribution in [0.1, 0.15) is 0 Å². The lowest BCUT2D eigenvalue weighted by Crippen LogP contribution is -2.28. The molecule has 58 heavy (non-hydrogen) atoms. The summed E-state index contributed by atoms with van der Waals surface area (Å²) in [6.45, 7) is 4.83. The van der Waals surface area contributed by atoms with Crippen LogP contribution in [0.2, 0.25) is 0 Å². The van der Waals surface area contributed by atoms with Crippen molar-refractivity contribution < 1.29 is 57.0 Å². The Bertz CT molecular complexity index is 2020. The van der Waals surface area contributed by atoms with Gasteiger partial charge in [0.2, 0.25) is 0 Å². The van der Waals surface area contributed by atoms with Crippen molar-refractivity contribution in [1.29, 1.82) is 0 Å². The van der Waals surface area contributed by atoms with E-state index >= 15 is 0 Å². The van der Waals surface area contributed by atoms with Crippen LogP contribution in [0.4, 0.5) is 9.59 Å². The zero-order valence-corrected chi connectivity index (χ0v) is 33.7. The van der Waals surface area contributed by atoms with Crippen molar-refractivity contribution in [2.24, 2.45) is 0 Å². The molecule has 0 aliphatic heterocycles. The fourth-order valence-corrected chi connectivity index (χ4v) is 6.57. The van der Waals surface area contributed by atoms with Crippen LogP contribution in [-0.4, -0.2) is 141 Å². The van der Waals surface area contributed by atoms with E-state index in [1.54, 1.807) is 37.6 Å². The van der Waals surface area contributed by atoms with E-state index in [0.29, 0.717) is 84.7 Å². The highest BCUT2D eigenvalue weighted by Crippen LogP contribution is 2.35. The summed E-state index contributed by atoms with van der Waals surface area (Å²) in [5, 5.41) is 3.44. The Labute approximate surface area is 336 Å². The van der Waals surface area contributed by atoms with Gasteiger partial charge in [0.05, 0.1) is 103 Å². The molecule has 2 heterocycles. The van der Waals surface area contributed by atoms with Gasteiger partial charge in [0.25, 0.3) is 0 Å². The van der Waals surface area contributed by atoms with Crippen molar-refractivity contribution in [1.82, 2.24) is 14.0 Å². The van der Waals surface area contributed by atoms with Gasteiger partial charge in [-0.05, 0) is 79.8 Å². The number of benzene rings is 4. The number of carbonyl (C=O) groups excluding carboxylic acids is 2. The van der Waals surface area contributed by atoms with Crippen molar-refractivity contribution in [3.05, 3.63) is 72.8 Å². The van der Waals surface area contributed by atoms with E-state index in [9.17, 15) is 9.59 Å². The van der Waals surface area contributed by atoms with Crippen molar-refractivity contribution >= 4 is 55.8 Å². The van der Waals surface area contributed by atoms with Gasteiger partial charge in [-0.25, -0.2) is 18.7 Å². The van der Waals surface area contributed by atoms with Crippen molar-refractivity contribution in [2.75, 3.05) is 115 Å². The molecule has 0 amide bonds. The fraction of sp³-hybridized carbons (Fsp3) is 0.395. The number of ether oxygens (including phenoxy) is 10. The van der Waals surface area contributed by atoms with E-state index in [2.05, 4.69) is 4.90 Å². The first-order chi connectivity index (χ1) is 28.4. The number of likely N-dealkylation sites (N-methyl/N-ethyl adjacent to an activating group) is 1. The average molecular weight is 802 g/mol. The summed E-state index contributed by atoms with van der Waals surface area (Å²) in [6.07, 6.45) is -0.983. The maximum atomic E-state index is 13.1. The molecule has 6 rings (SSSR count). The highest BCUT2D eigenvalue weighted by Gasteiger charge is 2.20. The quantitative estimate of drug-likeness (QED) is 0.0682. The second-order valence-electron chi connectivity index (χ2n) is 13.2. The molecule has 0 N–H and O–H groups in total. The molecule has 0 spiro atoms. The molecule has 0 saturated carbocycles. The largest absolute Gasteiger partial charge is 0.497 e. The molecule has 0 fully saturated rings. The van der Waals surface area contributed by atoms with E-state index < -0.39 is 12.2 Å². The smallest absolute Gasteiger partial charge is 0.419 e. The molecule has 15 heteroatoms.